The van der Waals surface area contributed by atoms with Crippen LogP contribution in [0.15, 0.2) is 71.3 Å². The summed E-state index contributed by atoms with van der Waals surface area (Å²) in [6.07, 6.45) is 2.62. The van der Waals surface area contributed by atoms with E-state index in [0.29, 0.717) is 30.5 Å². The number of anilines is 1. The SMILES string of the molecule is CC1Cc2ccccc2N1Cc1occc1C(=O)NCC(c1ccccc1)N(C)C. The number of amides is 1. The molecule has 2 aromatic carbocycles. The zero-order chi connectivity index (χ0) is 21.1. The topological polar surface area (TPSA) is 48.7 Å². The molecule has 0 saturated carbocycles. The van der Waals surface area contributed by atoms with Crippen molar-refractivity contribution in [3.63, 3.8) is 0 Å². The average Bonchev–Trinajstić information content (AvgIpc) is 3.33. The van der Waals surface area contributed by atoms with Crippen molar-refractivity contribution in [3.05, 3.63) is 89.4 Å². The second-order valence-corrected chi connectivity index (χ2v) is 8.17. The van der Waals surface area contributed by atoms with Gasteiger partial charge in [-0.05, 0) is 50.7 Å². The third-order valence-corrected chi connectivity index (χ3v) is 5.92. The Kier molecular flexibility index (Phi) is 5.91. The molecule has 30 heavy (non-hydrogen) atoms. The molecule has 0 spiro atoms. The molecule has 0 radical (unpaired) electrons. The van der Waals surface area contributed by atoms with Gasteiger partial charge in [-0.25, -0.2) is 0 Å². The van der Waals surface area contributed by atoms with E-state index in [1.54, 1.807) is 12.3 Å². The summed E-state index contributed by atoms with van der Waals surface area (Å²) in [5, 5.41) is 3.10. The number of likely N-dealkylation sites (N-methyl/N-ethyl adjacent to an activating group) is 1. The van der Waals surface area contributed by atoms with Gasteiger partial charge in [0.1, 0.15) is 5.76 Å². The van der Waals surface area contributed by atoms with Gasteiger partial charge in [-0.15, -0.1) is 0 Å². The van der Waals surface area contributed by atoms with Crippen LogP contribution in [0.3, 0.4) is 0 Å². The molecule has 2 unspecified atom stereocenters. The number of benzene rings is 2. The van der Waals surface area contributed by atoms with Gasteiger partial charge in [0.2, 0.25) is 0 Å². The van der Waals surface area contributed by atoms with Gasteiger partial charge in [0, 0.05) is 18.3 Å². The van der Waals surface area contributed by atoms with Crippen LogP contribution in [-0.2, 0) is 13.0 Å². The van der Waals surface area contributed by atoms with Gasteiger partial charge >= 0.3 is 0 Å². The first-order valence-corrected chi connectivity index (χ1v) is 10.4. The quantitative estimate of drug-likeness (QED) is 0.640. The predicted octanol–water partition coefficient (Wildman–Crippen LogP) is 4.26. The third kappa shape index (κ3) is 4.12. The molecule has 1 aliphatic heterocycles. The van der Waals surface area contributed by atoms with Gasteiger partial charge < -0.3 is 19.5 Å². The fraction of sp³-hybridized carbons (Fsp3) is 0.320. The van der Waals surface area contributed by atoms with Crippen LogP contribution in [0.2, 0.25) is 0 Å². The largest absolute Gasteiger partial charge is 0.467 e. The molecule has 2 atom stereocenters. The monoisotopic (exact) mass is 403 g/mol. The van der Waals surface area contributed by atoms with Crippen LogP contribution in [0.25, 0.3) is 0 Å². The van der Waals surface area contributed by atoms with Crippen LogP contribution >= 0.6 is 0 Å². The molecule has 0 fully saturated rings. The molecule has 0 aliphatic carbocycles. The van der Waals surface area contributed by atoms with Crippen molar-refractivity contribution in [2.75, 3.05) is 25.5 Å². The molecule has 4 rings (SSSR count). The number of hydrogen-bond acceptors (Lipinski definition) is 4. The highest BCUT2D eigenvalue weighted by Gasteiger charge is 2.28. The maximum Gasteiger partial charge on any atom is 0.254 e. The van der Waals surface area contributed by atoms with Gasteiger partial charge in [-0.3, -0.25) is 4.79 Å². The van der Waals surface area contributed by atoms with Crippen LogP contribution in [0, 0.1) is 0 Å². The maximum atomic E-state index is 13.0. The van der Waals surface area contributed by atoms with E-state index in [1.165, 1.54) is 16.8 Å². The summed E-state index contributed by atoms with van der Waals surface area (Å²) in [7, 11) is 4.05. The number of carbonyl (C=O) groups is 1. The zero-order valence-corrected chi connectivity index (χ0v) is 17.8. The highest BCUT2D eigenvalue weighted by molar-refractivity contribution is 5.95. The molecule has 1 aliphatic rings. The molecule has 5 heteroatoms. The summed E-state index contributed by atoms with van der Waals surface area (Å²) >= 11 is 0. The number of carbonyl (C=O) groups excluding carboxylic acids is 1. The number of nitrogens with one attached hydrogen (secondary N) is 1. The smallest absolute Gasteiger partial charge is 0.254 e. The van der Waals surface area contributed by atoms with Crippen molar-refractivity contribution in [2.24, 2.45) is 0 Å². The third-order valence-electron chi connectivity index (χ3n) is 5.92. The Labute approximate surface area is 178 Å². The number of rotatable bonds is 7. The summed E-state index contributed by atoms with van der Waals surface area (Å²) in [5.41, 5.74) is 4.36. The van der Waals surface area contributed by atoms with Crippen molar-refractivity contribution < 1.29 is 9.21 Å². The van der Waals surface area contributed by atoms with Crippen LogP contribution in [-0.4, -0.2) is 37.5 Å². The Balaban J connectivity index is 1.46. The van der Waals surface area contributed by atoms with Gasteiger partial charge in [0.25, 0.3) is 5.91 Å². The lowest BCUT2D eigenvalue weighted by atomic mass is 10.1. The molecule has 5 nitrogen and oxygen atoms in total. The van der Waals surface area contributed by atoms with E-state index in [9.17, 15) is 4.79 Å². The minimum Gasteiger partial charge on any atom is -0.467 e. The van der Waals surface area contributed by atoms with Gasteiger partial charge in [0.15, 0.2) is 0 Å². The summed E-state index contributed by atoms with van der Waals surface area (Å²) in [6, 6.07) is 20.9. The Morgan fingerprint density at radius 1 is 1.13 bits per heavy atom. The van der Waals surface area contributed by atoms with E-state index < -0.39 is 0 Å². The first-order valence-electron chi connectivity index (χ1n) is 10.4. The van der Waals surface area contributed by atoms with Crippen molar-refractivity contribution >= 4 is 11.6 Å². The van der Waals surface area contributed by atoms with Crippen LogP contribution in [0.1, 0.15) is 40.2 Å². The van der Waals surface area contributed by atoms with Gasteiger partial charge in [-0.1, -0.05) is 48.5 Å². The summed E-state index contributed by atoms with van der Waals surface area (Å²) in [5.74, 6) is 0.610. The average molecular weight is 404 g/mol. The lowest BCUT2D eigenvalue weighted by Crippen LogP contribution is -2.35. The van der Waals surface area contributed by atoms with Crippen molar-refractivity contribution in [1.82, 2.24) is 10.2 Å². The van der Waals surface area contributed by atoms with Gasteiger partial charge in [-0.2, -0.15) is 0 Å². The number of fused-ring (bicyclic) bond motifs is 1. The van der Waals surface area contributed by atoms with E-state index in [0.717, 1.165) is 6.42 Å². The van der Waals surface area contributed by atoms with E-state index in [2.05, 4.69) is 58.4 Å². The van der Waals surface area contributed by atoms with Crippen LogP contribution in [0.4, 0.5) is 5.69 Å². The van der Waals surface area contributed by atoms with E-state index in [4.69, 9.17) is 4.42 Å². The number of nitrogens with zero attached hydrogens (tertiary/aromatic N) is 2. The van der Waals surface area contributed by atoms with E-state index in [-0.39, 0.29) is 11.9 Å². The fourth-order valence-corrected chi connectivity index (χ4v) is 4.25. The van der Waals surface area contributed by atoms with Crippen LogP contribution < -0.4 is 10.2 Å². The molecule has 2 heterocycles. The zero-order valence-electron chi connectivity index (χ0n) is 17.8. The molecular weight excluding hydrogens is 374 g/mol. The van der Waals surface area contributed by atoms with E-state index in [1.807, 2.05) is 32.3 Å². The standard InChI is InChI=1S/C25H29N3O2/c1-18-15-20-11-7-8-12-22(20)28(18)17-24-21(13-14-30-24)25(29)26-16-23(27(2)3)19-9-5-4-6-10-19/h4-14,18,23H,15-17H2,1-3H3,(H,26,29). The highest BCUT2D eigenvalue weighted by Crippen LogP contribution is 2.33. The molecule has 1 amide bonds. The van der Waals surface area contributed by atoms with Crippen LogP contribution in [0.5, 0.6) is 0 Å². The molecule has 0 bridgehead atoms. The number of hydrogen-bond donors (Lipinski definition) is 1. The number of furan rings is 1. The second-order valence-electron chi connectivity index (χ2n) is 8.17. The van der Waals surface area contributed by atoms with E-state index >= 15 is 0 Å². The lowest BCUT2D eigenvalue weighted by molar-refractivity contribution is 0.0940. The molecular formula is C25H29N3O2. The molecule has 0 saturated heterocycles. The number of para-hydroxylation sites is 1. The molecule has 1 aromatic heterocycles. The molecule has 156 valence electrons. The second kappa shape index (κ2) is 8.76. The predicted molar refractivity (Wildman–Crippen MR) is 120 cm³/mol. The molecule has 3 aromatic rings. The van der Waals surface area contributed by atoms with Crippen molar-refractivity contribution in [2.45, 2.75) is 32.0 Å². The lowest BCUT2D eigenvalue weighted by Gasteiger charge is -2.25. The Morgan fingerprint density at radius 2 is 1.87 bits per heavy atom. The Hall–Kier alpha value is -3.05. The summed E-state index contributed by atoms with van der Waals surface area (Å²) in [4.78, 5) is 17.4. The normalized spacial score (nSPS) is 16.5. The first-order chi connectivity index (χ1) is 14.5. The molecule has 1 N–H and O–H groups in total. The Bertz CT molecular complexity index is 996. The highest BCUT2D eigenvalue weighted by atomic mass is 16.3. The van der Waals surface area contributed by atoms with Crippen molar-refractivity contribution in [1.29, 1.82) is 0 Å². The maximum absolute atomic E-state index is 13.0. The minimum atomic E-state index is -0.0957. The summed E-state index contributed by atoms with van der Waals surface area (Å²) < 4.78 is 5.74. The Morgan fingerprint density at radius 3 is 2.63 bits per heavy atom. The summed E-state index contributed by atoms with van der Waals surface area (Å²) in [6.45, 7) is 3.33. The fourth-order valence-electron chi connectivity index (χ4n) is 4.25. The van der Waals surface area contributed by atoms with Gasteiger partial charge in [0.05, 0.1) is 24.4 Å². The van der Waals surface area contributed by atoms with Crippen molar-refractivity contribution in [3.8, 4) is 0 Å². The minimum absolute atomic E-state index is 0.0957. The first kappa shape index (κ1) is 20.2.